The lowest BCUT2D eigenvalue weighted by Gasteiger charge is -2.22. The van der Waals surface area contributed by atoms with E-state index in [1.165, 1.54) is 5.69 Å². The predicted octanol–water partition coefficient (Wildman–Crippen LogP) is 3.15. The van der Waals surface area contributed by atoms with Crippen molar-refractivity contribution < 1.29 is 9.53 Å². The zero-order chi connectivity index (χ0) is 21.3. The first-order valence-electron chi connectivity index (χ1n) is 10.6. The fourth-order valence-electron chi connectivity index (χ4n) is 3.54. The van der Waals surface area contributed by atoms with E-state index in [0.29, 0.717) is 18.7 Å². The van der Waals surface area contributed by atoms with Gasteiger partial charge < -0.3 is 24.8 Å². The molecular weight excluding hydrogens is 505 g/mol. The van der Waals surface area contributed by atoms with Gasteiger partial charge in [-0.2, -0.15) is 0 Å². The van der Waals surface area contributed by atoms with E-state index in [9.17, 15) is 4.79 Å². The van der Waals surface area contributed by atoms with E-state index >= 15 is 0 Å². The molecule has 1 amide bonds. The minimum atomic E-state index is -0.0657. The van der Waals surface area contributed by atoms with Crippen LogP contribution in [-0.2, 0) is 24.9 Å². The second kappa shape index (κ2) is 12.7. The lowest BCUT2D eigenvalue weighted by atomic mass is 10.1. The summed E-state index contributed by atoms with van der Waals surface area (Å²) in [4.78, 5) is 19.4. The van der Waals surface area contributed by atoms with E-state index in [4.69, 9.17) is 9.73 Å². The normalized spacial score (nSPS) is 16.0. The summed E-state index contributed by atoms with van der Waals surface area (Å²) >= 11 is 0. The van der Waals surface area contributed by atoms with Crippen molar-refractivity contribution in [2.75, 3.05) is 26.7 Å². The molecule has 0 aliphatic carbocycles. The molecule has 170 valence electrons. The molecule has 2 aromatic rings. The Morgan fingerprint density at radius 3 is 2.81 bits per heavy atom. The molecule has 1 aliphatic rings. The first kappa shape index (κ1) is 25.2. The molecule has 1 aromatic carbocycles. The van der Waals surface area contributed by atoms with E-state index in [-0.39, 0.29) is 36.0 Å². The number of hydrogen-bond acceptors (Lipinski definition) is 3. The van der Waals surface area contributed by atoms with Gasteiger partial charge in [0.15, 0.2) is 5.96 Å². The van der Waals surface area contributed by atoms with Gasteiger partial charge in [-0.25, -0.2) is 4.99 Å². The number of ether oxygens (including phenoxy) is 1. The third kappa shape index (κ3) is 7.53. The van der Waals surface area contributed by atoms with Gasteiger partial charge in [0.2, 0.25) is 0 Å². The van der Waals surface area contributed by atoms with Gasteiger partial charge in [0.25, 0.3) is 5.91 Å². The minimum absolute atomic E-state index is 0. The third-order valence-electron chi connectivity index (χ3n) is 5.26. The smallest absolute Gasteiger partial charge is 0.251 e. The minimum Gasteiger partial charge on any atom is -0.376 e. The van der Waals surface area contributed by atoms with Crippen molar-refractivity contribution in [2.45, 2.75) is 39.0 Å². The van der Waals surface area contributed by atoms with E-state index < -0.39 is 0 Å². The van der Waals surface area contributed by atoms with E-state index in [1.807, 2.05) is 50.6 Å². The average Bonchev–Trinajstić information content (AvgIpc) is 3.41. The van der Waals surface area contributed by atoms with Crippen molar-refractivity contribution in [1.29, 1.82) is 0 Å². The second-order valence-electron chi connectivity index (χ2n) is 7.68. The number of aryl methyl sites for hydroxylation is 1. The van der Waals surface area contributed by atoms with Gasteiger partial charge in [-0.3, -0.25) is 4.79 Å². The molecule has 31 heavy (non-hydrogen) atoms. The topological polar surface area (TPSA) is 70.9 Å². The maximum absolute atomic E-state index is 12.5. The van der Waals surface area contributed by atoms with Gasteiger partial charge in [-0.1, -0.05) is 12.1 Å². The first-order valence-corrected chi connectivity index (χ1v) is 10.6. The van der Waals surface area contributed by atoms with Crippen LogP contribution in [0.15, 0.2) is 47.6 Å². The summed E-state index contributed by atoms with van der Waals surface area (Å²) in [5.74, 6) is 0.774. The molecule has 0 spiro atoms. The highest BCUT2D eigenvalue weighted by molar-refractivity contribution is 14.0. The van der Waals surface area contributed by atoms with Gasteiger partial charge in [-0.15, -0.1) is 24.0 Å². The molecule has 2 N–H and O–H groups in total. The number of benzene rings is 1. The molecule has 1 aromatic heterocycles. The summed E-state index contributed by atoms with van der Waals surface area (Å²) < 4.78 is 7.68. The fourth-order valence-corrected chi connectivity index (χ4v) is 3.54. The summed E-state index contributed by atoms with van der Waals surface area (Å²) in [6.45, 7) is 5.48. The SMILES string of the molecule is CCNC(=NCc1cccc(C(=O)NCC2CCCO2)c1)N(C)Cc1cccn1C.I. The maximum atomic E-state index is 12.5. The Hall–Kier alpha value is -2.07. The van der Waals surface area contributed by atoms with Crippen molar-refractivity contribution >= 4 is 35.8 Å². The van der Waals surface area contributed by atoms with Crippen LogP contribution >= 0.6 is 24.0 Å². The summed E-state index contributed by atoms with van der Waals surface area (Å²) in [5.41, 5.74) is 2.87. The third-order valence-corrected chi connectivity index (χ3v) is 5.26. The Morgan fingerprint density at radius 2 is 2.13 bits per heavy atom. The Kier molecular flexibility index (Phi) is 10.3. The largest absolute Gasteiger partial charge is 0.376 e. The number of hydrogen-bond donors (Lipinski definition) is 2. The number of guanidine groups is 1. The van der Waals surface area contributed by atoms with Crippen LogP contribution in [0.2, 0.25) is 0 Å². The van der Waals surface area contributed by atoms with Crippen LogP contribution in [0.4, 0.5) is 0 Å². The number of aromatic nitrogens is 1. The van der Waals surface area contributed by atoms with Crippen LogP contribution < -0.4 is 10.6 Å². The van der Waals surface area contributed by atoms with Crippen molar-refractivity contribution in [3.8, 4) is 0 Å². The van der Waals surface area contributed by atoms with Gasteiger partial charge in [0.1, 0.15) is 0 Å². The summed E-state index contributed by atoms with van der Waals surface area (Å²) in [6, 6.07) is 11.8. The van der Waals surface area contributed by atoms with Crippen LogP contribution in [0.25, 0.3) is 0 Å². The van der Waals surface area contributed by atoms with Crippen molar-refractivity contribution in [3.63, 3.8) is 0 Å². The average molecular weight is 539 g/mol. The second-order valence-corrected chi connectivity index (χ2v) is 7.68. The maximum Gasteiger partial charge on any atom is 0.251 e. The van der Waals surface area contributed by atoms with Crippen LogP contribution in [0, 0.1) is 0 Å². The predicted molar refractivity (Wildman–Crippen MR) is 135 cm³/mol. The van der Waals surface area contributed by atoms with Crippen molar-refractivity contribution in [2.24, 2.45) is 12.0 Å². The standard InChI is InChI=1S/C23H33N5O2.HI/c1-4-24-23(28(3)17-20-10-6-12-27(20)2)26-15-18-8-5-9-19(14-18)22(29)25-16-21-11-7-13-30-21;/h5-6,8-10,12,14,21H,4,7,11,13,15-17H2,1-3H3,(H,24,26)(H,25,29);1H. The fraction of sp³-hybridized carbons (Fsp3) is 0.478. The number of nitrogens with zero attached hydrogens (tertiary/aromatic N) is 3. The highest BCUT2D eigenvalue weighted by Crippen LogP contribution is 2.12. The molecule has 0 bridgehead atoms. The molecular formula is C23H34IN5O2. The Morgan fingerprint density at radius 1 is 1.29 bits per heavy atom. The number of aliphatic imine (C=N–C) groups is 1. The van der Waals surface area contributed by atoms with Gasteiger partial charge in [0.05, 0.1) is 19.2 Å². The number of rotatable bonds is 8. The Balaban J connectivity index is 0.00000341. The van der Waals surface area contributed by atoms with Crippen LogP contribution in [-0.4, -0.2) is 54.2 Å². The number of carbonyl (C=O) groups excluding carboxylic acids is 1. The van der Waals surface area contributed by atoms with Gasteiger partial charge in [-0.05, 0) is 49.6 Å². The lowest BCUT2D eigenvalue weighted by Crippen LogP contribution is -2.38. The lowest BCUT2D eigenvalue weighted by molar-refractivity contribution is 0.0857. The number of amides is 1. The molecule has 0 saturated carbocycles. The Labute approximate surface area is 202 Å². The van der Waals surface area contributed by atoms with Gasteiger partial charge >= 0.3 is 0 Å². The van der Waals surface area contributed by atoms with Gasteiger partial charge in [0, 0.05) is 51.2 Å². The molecule has 1 atom stereocenters. The zero-order valence-electron chi connectivity index (χ0n) is 18.6. The number of carbonyl (C=O) groups is 1. The number of nitrogens with one attached hydrogen (secondary N) is 2. The highest BCUT2D eigenvalue weighted by atomic mass is 127. The monoisotopic (exact) mass is 539 g/mol. The quantitative estimate of drug-likeness (QED) is 0.307. The molecule has 1 saturated heterocycles. The summed E-state index contributed by atoms with van der Waals surface area (Å²) in [5, 5.41) is 6.33. The molecule has 1 aliphatic heterocycles. The molecule has 1 fully saturated rings. The number of halogens is 1. The van der Waals surface area contributed by atoms with Crippen molar-refractivity contribution in [3.05, 3.63) is 59.4 Å². The van der Waals surface area contributed by atoms with E-state index in [0.717, 1.165) is 44.1 Å². The van der Waals surface area contributed by atoms with Crippen molar-refractivity contribution in [1.82, 2.24) is 20.1 Å². The summed E-state index contributed by atoms with van der Waals surface area (Å²) in [6.07, 6.45) is 4.27. The highest BCUT2D eigenvalue weighted by Gasteiger charge is 2.16. The summed E-state index contributed by atoms with van der Waals surface area (Å²) in [7, 11) is 4.08. The van der Waals surface area contributed by atoms with E-state index in [1.54, 1.807) is 0 Å². The zero-order valence-corrected chi connectivity index (χ0v) is 21.0. The molecule has 7 nitrogen and oxygen atoms in total. The molecule has 8 heteroatoms. The van der Waals surface area contributed by atoms with Crippen LogP contribution in [0.3, 0.4) is 0 Å². The first-order chi connectivity index (χ1) is 14.6. The van der Waals surface area contributed by atoms with E-state index in [2.05, 4.69) is 33.1 Å². The van der Waals surface area contributed by atoms with Crippen LogP contribution in [0.1, 0.15) is 41.4 Å². The Bertz CT molecular complexity index is 861. The molecule has 0 radical (unpaired) electrons. The molecule has 1 unspecified atom stereocenters. The molecule has 3 rings (SSSR count). The molecule has 2 heterocycles. The van der Waals surface area contributed by atoms with Crippen LogP contribution in [0.5, 0.6) is 0 Å².